The molecule has 0 aliphatic carbocycles. The SMILES string of the molecule is COc1ccc(C(=O)NC(=Cc2ccc(-c3ccc(Cl)c(Cl)c3)o2)C(=O)NCCCN2CCOCC2)cc1. The number of amides is 2. The van der Waals surface area contributed by atoms with Crippen molar-refractivity contribution in [3.05, 3.63) is 81.7 Å². The molecular formula is C28H29Cl2N3O5. The summed E-state index contributed by atoms with van der Waals surface area (Å²) in [6.07, 6.45) is 2.27. The maximum atomic E-state index is 13.1. The summed E-state index contributed by atoms with van der Waals surface area (Å²) in [7, 11) is 1.55. The van der Waals surface area contributed by atoms with Crippen LogP contribution in [0.5, 0.6) is 5.75 Å². The van der Waals surface area contributed by atoms with E-state index in [1.165, 1.54) is 6.08 Å². The fourth-order valence-corrected chi connectivity index (χ4v) is 4.20. The zero-order chi connectivity index (χ0) is 26.9. The van der Waals surface area contributed by atoms with E-state index < -0.39 is 11.8 Å². The van der Waals surface area contributed by atoms with Gasteiger partial charge in [0.15, 0.2) is 0 Å². The number of ether oxygens (including phenoxy) is 2. The van der Waals surface area contributed by atoms with E-state index in [1.807, 2.05) is 0 Å². The Morgan fingerprint density at radius 1 is 1.03 bits per heavy atom. The monoisotopic (exact) mass is 557 g/mol. The predicted octanol–water partition coefficient (Wildman–Crippen LogP) is 4.87. The van der Waals surface area contributed by atoms with Gasteiger partial charge in [-0.15, -0.1) is 0 Å². The number of methoxy groups -OCH3 is 1. The van der Waals surface area contributed by atoms with Gasteiger partial charge in [0.2, 0.25) is 0 Å². The van der Waals surface area contributed by atoms with Gasteiger partial charge in [-0.1, -0.05) is 23.2 Å². The summed E-state index contributed by atoms with van der Waals surface area (Å²) in [5.74, 6) is 0.710. The molecule has 1 fully saturated rings. The summed E-state index contributed by atoms with van der Waals surface area (Å²) in [4.78, 5) is 28.3. The summed E-state index contributed by atoms with van der Waals surface area (Å²) in [6, 6.07) is 15.3. The highest BCUT2D eigenvalue weighted by Crippen LogP contribution is 2.30. The van der Waals surface area contributed by atoms with E-state index >= 15 is 0 Å². The zero-order valence-corrected chi connectivity index (χ0v) is 22.5. The lowest BCUT2D eigenvalue weighted by molar-refractivity contribution is -0.117. The molecular weight excluding hydrogens is 529 g/mol. The number of nitrogens with zero attached hydrogens (tertiary/aromatic N) is 1. The highest BCUT2D eigenvalue weighted by molar-refractivity contribution is 6.42. The van der Waals surface area contributed by atoms with Gasteiger partial charge in [0.25, 0.3) is 11.8 Å². The molecule has 2 amide bonds. The minimum absolute atomic E-state index is 0.0622. The topological polar surface area (TPSA) is 93.0 Å². The van der Waals surface area contributed by atoms with Crippen molar-refractivity contribution in [2.45, 2.75) is 6.42 Å². The second kappa shape index (κ2) is 13.5. The summed E-state index contributed by atoms with van der Waals surface area (Å²) < 4.78 is 16.4. The highest BCUT2D eigenvalue weighted by atomic mass is 35.5. The molecule has 38 heavy (non-hydrogen) atoms. The van der Waals surface area contributed by atoms with Crippen molar-refractivity contribution < 1.29 is 23.5 Å². The molecule has 1 aliphatic rings. The highest BCUT2D eigenvalue weighted by Gasteiger charge is 2.17. The first-order chi connectivity index (χ1) is 18.4. The van der Waals surface area contributed by atoms with Gasteiger partial charge in [-0.2, -0.15) is 0 Å². The molecule has 2 aromatic carbocycles. The third kappa shape index (κ3) is 7.61. The molecule has 1 aromatic heterocycles. The molecule has 8 nitrogen and oxygen atoms in total. The molecule has 1 saturated heterocycles. The molecule has 0 unspecified atom stereocenters. The molecule has 0 bridgehead atoms. The third-order valence-electron chi connectivity index (χ3n) is 6.00. The van der Waals surface area contributed by atoms with E-state index in [9.17, 15) is 9.59 Å². The lowest BCUT2D eigenvalue weighted by atomic mass is 10.2. The lowest BCUT2D eigenvalue weighted by Gasteiger charge is -2.26. The molecule has 0 spiro atoms. The number of benzene rings is 2. The van der Waals surface area contributed by atoms with Gasteiger partial charge < -0.3 is 24.5 Å². The molecule has 2 N–H and O–H groups in total. The Kier molecular flexibility index (Phi) is 9.84. The summed E-state index contributed by atoms with van der Waals surface area (Å²) >= 11 is 12.2. The number of furan rings is 1. The van der Waals surface area contributed by atoms with Crippen LogP contribution in [0.4, 0.5) is 0 Å². The molecule has 10 heteroatoms. The van der Waals surface area contributed by atoms with E-state index in [1.54, 1.807) is 61.7 Å². The van der Waals surface area contributed by atoms with Crippen LogP contribution in [0.1, 0.15) is 22.5 Å². The van der Waals surface area contributed by atoms with Crippen LogP contribution in [0, 0.1) is 0 Å². The predicted molar refractivity (Wildman–Crippen MR) is 147 cm³/mol. The summed E-state index contributed by atoms with van der Waals surface area (Å²) in [5, 5.41) is 6.46. The number of rotatable bonds is 10. The Balaban J connectivity index is 1.48. The number of hydrogen-bond donors (Lipinski definition) is 2. The van der Waals surface area contributed by atoms with Crippen molar-refractivity contribution in [2.75, 3.05) is 46.5 Å². The number of carbonyl (C=O) groups excluding carboxylic acids is 2. The van der Waals surface area contributed by atoms with Gasteiger partial charge in [-0.05, 0) is 67.6 Å². The zero-order valence-electron chi connectivity index (χ0n) is 21.0. The van der Waals surface area contributed by atoms with Gasteiger partial charge in [0.1, 0.15) is 23.0 Å². The molecule has 4 rings (SSSR count). The first-order valence-corrected chi connectivity index (χ1v) is 13.0. The molecule has 0 saturated carbocycles. The lowest BCUT2D eigenvalue weighted by Crippen LogP contribution is -2.39. The van der Waals surface area contributed by atoms with Crippen LogP contribution < -0.4 is 15.4 Å². The van der Waals surface area contributed by atoms with Crippen LogP contribution in [0.3, 0.4) is 0 Å². The standard InChI is InChI=1S/C28H29Cl2N3O5/c1-36-21-6-3-19(4-7-21)27(34)32-25(28(35)31-11-2-12-33-13-15-37-16-14-33)18-22-8-10-26(38-22)20-5-9-23(29)24(30)17-20/h3-10,17-18H,2,11-16H2,1H3,(H,31,35)(H,32,34). The van der Waals surface area contributed by atoms with Crippen molar-refractivity contribution in [1.29, 1.82) is 0 Å². The fourth-order valence-electron chi connectivity index (χ4n) is 3.90. The van der Waals surface area contributed by atoms with Gasteiger partial charge >= 0.3 is 0 Å². The van der Waals surface area contributed by atoms with Crippen LogP contribution in [-0.4, -0.2) is 63.2 Å². The van der Waals surface area contributed by atoms with Crippen molar-refractivity contribution >= 4 is 41.1 Å². The maximum absolute atomic E-state index is 13.1. The van der Waals surface area contributed by atoms with Crippen LogP contribution >= 0.6 is 23.2 Å². The van der Waals surface area contributed by atoms with Gasteiger partial charge in [0.05, 0.1) is 30.4 Å². The van der Waals surface area contributed by atoms with Crippen molar-refractivity contribution in [2.24, 2.45) is 0 Å². The fraction of sp³-hybridized carbons (Fsp3) is 0.286. The largest absolute Gasteiger partial charge is 0.497 e. The molecule has 200 valence electrons. The minimum Gasteiger partial charge on any atom is -0.497 e. The molecule has 2 heterocycles. The van der Waals surface area contributed by atoms with Gasteiger partial charge in [-0.3, -0.25) is 14.5 Å². The van der Waals surface area contributed by atoms with E-state index in [0.29, 0.717) is 39.4 Å². The van der Waals surface area contributed by atoms with Gasteiger partial charge in [-0.25, -0.2) is 0 Å². The Morgan fingerprint density at radius 3 is 2.50 bits per heavy atom. The van der Waals surface area contributed by atoms with Gasteiger partial charge in [0, 0.05) is 36.8 Å². The Morgan fingerprint density at radius 2 is 1.79 bits per heavy atom. The Bertz CT molecular complexity index is 1280. The van der Waals surface area contributed by atoms with Crippen molar-refractivity contribution in [1.82, 2.24) is 15.5 Å². The number of halogens is 2. The van der Waals surface area contributed by atoms with Crippen LogP contribution in [0.15, 0.2) is 64.7 Å². The summed E-state index contributed by atoms with van der Waals surface area (Å²) in [5.41, 5.74) is 1.18. The first kappa shape index (κ1) is 27.7. The number of morpholine rings is 1. The van der Waals surface area contributed by atoms with E-state index in [-0.39, 0.29) is 5.70 Å². The van der Waals surface area contributed by atoms with Crippen molar-refractivity contribution in [3.8, 4) is 17.1 Å². The average molecular weight is 558 g/mol. The molecule has 0 radical (unpaired) electrons. The van der Waals surface area contributed by atoms with Crippen molar-refractivity contribution in [3.63, 3.8) is 0 Å². The average Bonchev–Trinajstić information content (AvgIpc) is 3.41. The van der Waals surface area contributed by atoms with E-state index in [2.05, 4.69) is 15.5 Å². The second-order valence-corrected chi connectivity index (χ2v) is 9.45. The maximum Gasteiger partial charge on any atom is 0.267 e. The van der Waals surface area contributed by atoms with Crippen LogP contribution in [0.2, 0.25) is 10.0 Å². The molecule has 1 aliphatic heterocycles. The van der Waals surface area contributed by atoms with E-state index in [0.717, 1.165) is 44.8 Å². The quantitative estimate of drug-likeness (QED) is 0.273. The number of hydrogen-bond acceptors (Lipinski definition) is 6. The molecule has 0 atom stereocenters. The van der Waals surface area contributed by atoms with Crippen LogP contribution in [0.25, 0.3) is 17.4 Å². The van der Waals surface area contributed by atoms with E-state index in [4.69, 9.17) is 37.1 Å². The number of nitrogens with one attached hydrogen (secondary N) is 2. The smallest absolute Gasteiger partial charge is 0.267 e. The summed E-state index contributed by atoms with van der Waals surface area (Å²) in [6.45, 7) is 4.53. The number of carbonyl (C=O) groups is 2. The Hall–Kier alpha value is -3.30. The van der Waals surface area contributed by atoms with Crippen LogP contribution in [-0.2, 0) is 9.53 Å². The minimum atomic E-state index is -0.432. The normalized spacial score (nSPS) is 14.2. The Labute approximate surface area is 231 Å². The molecule has 3 aromatic rings. The first-order valence-electron chi connectivity index (χ1n) is 12.2. The second-order valence-electron chi connectivity index (χ2n) is 8.64. The third-order valence-corrected chi connectivity index (χ3v) is 6.74.